The number of methoxy groups -OCH3 is 1. The van der Waals surface area contributed by atoms with Crippen molar-refractivity contribution in [2.45, 2.75) is 33.4 Å². The van der Waals surface area contributed by atoms with E-state index in [2.05, 4.69) is 5.32 Å². The zero-order valence-electron chi connectivity index (χ0n) is 17.0. The van der Waals surface area contributed by atoms with E-state index in [0.29, 0.717) is 23.6 Å². The van der Waals surface area contributed by atoms with Gasteiger partial charge in [-0.05, 0) is 44.5 Å². The lowest BCUT2D eigenvalue weighted by Crippen LogP contribution is -2.36. The molecule has 0 saturated heterocycles. The van der Waals surface area contributed by atoms with Crippen molar-refractivity contribution in [1.29, 1.82) is 0 Å². The molecule has 2 rings (SSSR count). The Hall–Kier alpha value is -3.35. The molecule has 0 radical (unpaired) electrons. The average Bonchev–Trinajstić information content (AvgIpc) is 2.71. The quantitative estimate of drug-likeness (QED) is 0.515. The molecule has 0 unspecified atom stereocenters. The first kappa shape index (κ1) is 21.9. The van der Waals surface area contributed by atoms with E-state index in [1.54, 1.807) is 12.1 Å². The van der Waals surface area contributed by atoms with Crippen molar-refractivity contribution in [3.05, 3.63) is 59.2 Å². The highest BCUT2D eigenvalue weighted by atomic mass is 16.6. The Balaban J connectivity index is 1.82. The molecule has 0 heterocycles. The smallest absolute Gasteiger partial charge is 0.344 e. The molecule has 0 saturated carbocycles. The topological polar surface area (TPSA) is 90.9 Å². The van der Waals surface area contributed by atoms with Crippen LogP contribution in [-0.4, -0.2) is 37.5 Å². The number of Topliss-reactive ketones (excluding diaryl/α,β-unsaturated/α-hetero) is 1. The maximum absolute atomic E-state index is 12.1. The lowest BCUT2D eigenvalue weighted by molar-refractivity contribution is -0.156. The number of esters is 1. The van der Waals surface area contributed by atoms with Gasteiger partial charge in [0.25, 0.3) is 5.91 Å². The normalized spacial score (nSPS) is 11.3. The van der Waals surface area contributed by atoms with E-state index in [1.165, 1.54) is 27.0 Å². The van der Waals surface area contributed by atoms with Gasteiger partial charge in [-0.15, -0.1) is 0 Å². The van der Waals surface area contributed by atoms with Gasteiger partial charge in [-0.2, -0.15) is 0 Å². The summed E-state index contributed by atoms with van der Waals surface area (Å²) < 4.78 is 15.7. The molecule has 0 aromatic heterocycles. The first-order valence-corrected chi connectivity index (χ1v) is 9.14. The number of rotatable bonds is 9. The van der Waals surface area contributed by atoms with Crippen molar-refractivity contribution >= 4 is 17.7 Å². The standard InChI is InChI=1S/C22H25NO6/c1-14-5-7-17(8-6-14)12-23-22(26)16(3)29-21(25)13-28-19-10-9-18(15(2)24)11-20(19)27-4/h5-11,16H,12-13H2,1-4H3,(H,23,26)/t16-/m0/s1. The minimum atomic E-state index is -0.960. The molecule has 154 valence electrons. The summed E-state index contributed by atoms with van der Waals surface area (Å²) in [4.78, 5) is 35.5. The Morgan fingerprint density at radius 2 is 1.72 bits per heavy atom. The number of aryl methyl sites for hydroxylation is 1. The fraction of sp³-hybridized carbons (Fsp3) is 0.318. The van der Waals surface area contributed by atoms with Crippen LogP contribution in [0.5, 0.6) is 11.5 Å². The molecule has 0 spiro atoms. The summed E-state index contributed by atoms with van der Waals surface area (Å²) in [6, 6.07) is 12.4. The second kappa shape index (κ2) is 10.3. The number of hydrogen-bond acceptors (Lipinski definition) is 6. The molecular formula is C22H25NO6. The van der Waals surface area contributed by atoms with Gasteiger partial charge in [0, 0.05) is 12.1 Å². The molecule has 0 aliphatic rings. The van der Waals surface area contributed by atoms with Crippen molar-refractivity contribution in [2.75, 3.05) is 13.7 Å². The van der Waals surface area contributed by atoms with Crippen LogP contribution in [0.25, 0.3) is 0 Å². The summed E-state index contributed by atoms with van der Waals surface area (Å²) in [5.41, 5.74) is 2.55. The minimum Gasteiger partial charge on any atom is -0.493 e. The summed E-state index contributed by atoms with van der Waals surface area (Å²) in [7, 11) is 1.44. The van der Waals surface area contributed by atoms with Crippen LogP contribution in [0.3, 0.4) is 0 Å². The summed E-state index contributed by atoms with van der Waals surface area (Å²) in [5, 5.41) is 2.72. The molecule has 1 amide bonds. The fourth-order valence-electron chi connectivity index (χ4n) is 2.47. The monoisotopic (exact) mass is 399 g/mol. The van der Waals surface area contributed by atoms with Gasteiger partial charge in [0.15, 0.2) is 30.0 Å². The number of carbonyl (C=O) groups is 3. The highest BCUT2D eigenvalue weighted by Gasteiger charge is 2.18. The van der Waals surface area contributed by atoms with Crippen molar-refractivity contribution in [1.82, 2.24) is 5.32 Å². The SMILES string of the molecule is COc1cc(C(C)=O)ccc1OCC(=O)O[C@@H](C)C(=O)NCc1ccc(C)cc1. The Morgan fingerprint density at radius 1 is 1.03 bits per heavy atom. The number of amides is 1. The van der Waals surface area contributed by atoms with Gasteiger partial charge in [0.1, 0.15) is 0 Å². The van der Waals surface area contributed by atoms with Crippen molar-refractivity contribution in [3.8, 4) is 11.5 Å². The van der Waals surface area contributed by atoms with Crippen LogP contribution in [0.2, 0.25) is 0 Å². The summed E-state index contributed by atoms with van der Waals surface area (Å²) in [5.74, 6) is -0.581. The second-order valence-corrected chi connectivity index (χ2v) is 6.55. The van der Waals surface area contributed by atoms with E-state index in [9.17, 15) is 14.4 Å². The lowest BCUT2D eigenvalue weighted by atomic mass is 10.1. The van der Waals surface area contributed by atoms with Gasteiger partial charge >= 0.3 is 5.97 Å². The van der Waals surface area contributed by atoms with Crippen LogP contribution in [0.1, 0.15) is 35.3 Å². The Morgan fingerprint density at radius 3 is 2.34 bits per heavy atom. The third kappa shape index (κ3) is 6.64. The maximum atomic E-state index is 12.1. The number of benzene rings is 2. The third-order valence-electron chi connectivity index (χ3n) is 4.18. The summed E-state index contributed by atoms with van der Waals surface area (Å²) >= 11 is 0. The average molecular weight is 399 g/mol. The van der Waals surface area contributed by atoms with Gasteiger partial charge in [-0.3, -0.25) is 9.59 Å². The molecule has 1 N–H and O–H groups in total. The predicted octanol–water partition coefficient (Wildman–Crippen LogP) is 2.83. The van der Waals surface area contributed by atoms with E-state index in [4.69, 9.17) is 14.2 Å². The van der Waals surface area contributed by atoms with E-state index in [-0.39, 0.29) is 5.78 Å². The molecule has 0 aliphatic carbocycles. The molecule has 0 bridgehead atoms. The molecule has 7 nitrogen and oxygen atoms in total. The van der Waals surface area contributed by atoms with E-state index in [1.807, 2.05) is 31.2 Å². The second-order valence-electron chi connectivity index (χ2n) is 6.55. The zero-order chi connectivity index (χ0) is 21.4. The number of hydrogen-bond donors (Lipinski definition) is 1. The minimum absolute atomic E-state index is 0.111. The Bertz CT molecular complexity index is 875. The van der Waals surface area contributed by atoms with Crippen LogP contribution in [0.4, 0.5) is 0 Å². The van der Waals surface area contributed by atoms with Crippen LogP contribution in [0, 0.1) is 6.92 Å². The van der Waals surface area contributed by atoms with Crippen molar-refractivity contribution < 1.29 is 28.6 Å². The van der Waals surface area contributed by atoms with Crippen molar-refractivity contribution in [3.63, 3.8) is 0 Å². The van der Waals surface area contributed by atoms with E-state index in [0.717, 1.165) is 11.1 Å². The molecule has 2 aromatic carbocycles. The maximum Gasteiger partial charge on any atom is 0.344 e. The predicted molar refractivity (Wildman–Crippen MR) is 107 cm³/mol. The molecular weight excluding hydrogens is 374 g/mol. The number of carbonyl (C=O) groups excluding carboxylic acids is 3. The number of ketones is 1. The Kier molecular flexibility index (Phi) is 7.77. The highest BCUT2D eigenvalue weighted by molar-refractivity contribution is 5.94. The number of ether oxygens (including phenoxy) is 3. The van der Waals surface area contributed by atoms with Gasteiger partial charge in [0.2, 0.25) is 0 Å². The molecule has 29 heavy (non-hydrogen) atoms. The fourth-order valence-corrected chi connectivity index (χ4v) is 2.47. The van der Waals surface area contributed by atoms with Crippen LogP contribution < -0.4 is 14.8 Å². The van der Waals surface area contributed by atoms with E-state index < -0.39 is 24.6 Å². The van der Waals surface area contributed by atoms with Crippen LogP contribution >= 0.6 is 0 Å². The number of nitrogens with one attached hydrogen (secondary N) is 1. The Labute approximate surface area is 170 Å². The summed E-state index contributed by atoms with van der Waals surface area (Å²) in [6.45, 7) is 4.87. The molecule has 0 aliphatic heterocycles. The van der Waals surface area contributed by atoms with Crippen LogP contribution in [-0.2, 0) is 20.9 Å². The first-order chi connectivity index (χ1) is 13.8. The van der Waals surface area contributed by atoms with Gasteiger partial charge in [-0.1, -0.05) is 29.8 Å². The molecule has 7 heteroatoms. The van der Waals surface area contributed by atoms with Crippen LogP contribution in [0.15, 0.2) is 42.5 Å². The van der Waals surface area contributed by atoms with Gasteiger partial charge < -0.3 is 19.5 Å². The van der Waals surface area contributed by atoms with Crippen molar-refractivity contribution in [2.24, 2.45) is 0 Å². The zero-order valence-corrected chi connectivity index (χ0v) is 17.0. The lowest BCUT2D eigenvalue weighted by Gasteiger charge is -2.15. The highest BCUT2D eigenvalue weighted by Crippen LogP contribution is 2.28. The largest absolute Gasteiger partial charge is 0.493 e. The first-order valence-electron chi connectivity index (χ1n) is 9.14. The molecule has 2 aromatic rings. The molecule has 0 fully saturated rings. The molecule has 1 atom stereocenters. The van der Waals surface area contributed by atoms with Gasteiger partial charge in [0.05, 0.1) is 7.11 Å². The van der Waals surface area contributed by atoms with E-state index >= 15 is 0 Å². The summed E-state index contributed by atoms with van der Waals surface area (Å²) in [6.07, 6.45) is -0.960. The van der Waals surface area contributed by atoms with Gasteiger partial charge in [-0.25, -0.2) is 4.79 Å². The third-order valence-corrected chi connectivity index (χ3v) is 4.18.